The molecule has 0 saturated heterocycles. The normalized spacial score (nSPS) is 10.6. The topological polar surface area (TPSA) is 73.2 Å². The van der Waals surface area contributed by atoms with E-state index in [2.05, 4.69) is 11.4 Å². The van der Waals surface area contributed by atoms with Crippen LogP contribution in [-0.4, -0.2) is 36.9 Å². The lowest BCUT2D eigenvalue weighted by atomic mass is 9.90. The number of hydrogen-bond acceptors (Lipinski definition) is 3. The van der Waals surface area contributed by atoms with Gasteiger partial charge in [0.15, 0.2) is 0 Å². The van der Waals surface area contributed by atoms with Crippen LogP contribution in [0.4, 0.5) is 0 Å². The van der Waals surface area contributed by atoms with Gasteiger partial charge in [-0.15, -0.1) is 0 Å². The van der Waals surface area contributed by atoms with E-state index in [1.165, 1.54) is 6.92 Å². The van der Waals surface area contributed by atoms with Crippen LogP contribution in [0, 0.1) is 16.7 Å². The van der Waals surface area contributed by atoms with Gasteiger partial charge in [-0.2, -0.15) is 5.26 Å². The molecule has 0 aromatic heterocycles. The Hall–Kier alpha value is -1.57. The molecule has 0 radical (unpaired) electrons. The van der Waals surface area contributed by atoms with Crippen LogP contribution in [0.3, 0.4) is 0 Å². The van der Waals surface area contributed by atoms with Gasteiger partial charge < -0.3 is 10.2 Å². The van der Waals surface area contributed by atoms with Gasteiger partial charge in [0.05, 0.1) is 11.5 Å². The second-order valence-electron chi connectivity index (χ2n) is 5.14. The summed E-state index contributed by atoms with van der Waals surface area (Å²) in [6, 6.07) is 2.17. The van der Waals surface area contributed by atoms with E-state index in [0.29, 0.717) is 25.9 Å². The summed E-state index contributed by atoms with van der Waals surface area (Å²) in [5.74, 6) is -0.0131. The lowest BCUT2D eigenvalue weighted by Crippen LogP contribution is -2.30. The molecule has 5 nitrogen and oxygen atoms in total. The Kier molecular flexibility index (Phi) is 7.03. The Morgan fingerprint density at radius 3 is 2.50 bits per heavy atom. The molecule has 0 aliphatic carbocycles. The van der Waals surface area contributed by atoms with Crippen molar-refractivity contribution < 1.29 is 9.59 Å². The predicted molar refractivity (Wildman–Crippen MR) is 69.6 cm³/mol. The third-order valence-electron chi connectivity index (χ3n) is 2.81. The average Bonchev–Trinajstić information content (AvgIpc) is 2.31. The van der Waals surface area contributed by atoms with E-state index in [1.807, 2.05) is 13.8 Å². The number of carbonyl (C=O) groups is 2. The number of carbonyl (C=O) groups excluding carboxylic acids is 2. The fraction of sp³-hybridized carbons (Fsp3) is 0.769. The van der Waals surface area contributed by atoms with Gasteiger partial charge in [0.1, 0.15) is 0 Å². The zero-order chi connectivity index (χ0) is 14.2. The van der Waals surface area contributed by atoms with E-state index in [0.717, 1.165) is 6.42 Å². The zero-order valence-electron chi connectivity index (χ0n) is 11.7. The molecule has 0 fully saturated rings. The maximum atomic E-state index is 11.5. The molecule has 0 spiro atoms. The molecular weight excluding hydrogens is 230 g/mol. The van der Waals surface area contributed by atoms with Crippen LogP contribution in [-0.2, 0) is 9.59 Å². The smallest absolute Gasteiger partial charge is 0.220 e. The van der Waals surface area contributed by atoms with Gasteiger partial charge in [-0.05, 0) is 26.7 Å². The monoisotopic (exact) mass is 253 g/mol. The van der Waals surface area contributed by atoms with E-state index in [9.17, 15) is 9.59 Å². The van der Waals surface area contributed by atoms with Crippen molar-refractivity contribution in [3.63, 3.8) is 0 Å². The highest BCUT2D eigenvalue weighted by Gasteiger charge is 2.17. The van der Waals surface area contributed by atoms with Crippen molar-refractivity contribution >= 4 is 11.8 Å². The summed E-state index contributed by atoms with van der Waals surface area (Å²) in [7, 11) is 1.74. The zero-order valence-corrected chi connectivity index (χ0v) is 11.7. The maximum absolute atomic E-state index is 11.5. The highest BCUT2D eigenvalue weighted by molar-refractivity contribution is 5.76. The van der Waals surface area contributed by atoms with Gasteiger partial charge in [-0.25, -0.2) is 0 Å². The number of amides is 2. The van der Waals surface area contributed by atoms with E-state index in [4.69, 9.17) is 5.26 Å². The number of rotatable bonds is 7. The van der Waals surface area contributed by atoms with Crippen LogP contribution in [0.1, 0.15) is 40.0 Å². The summed E-state index contributed by atoms with van der Waals surface area (Å²) in [6.07, 6.45) is 1.66. The minimum Gasteiger partial charge on any atom is -0.356 e. The molecule has 0 aromatic rings. The fourth-order valence-corrected chi connectivity index (χ4v) is 1.27. The second kappa shape index (κ2) is 7.70. The van der Waals surface area contributed by atoms with Gasteiger partial charge in [0.25, 0.3) is 0 Å². The fourth-order valence-electron chi connectivity index (χ4n) is 1.27. The Labute approximate surface area is 109 Å². The van der Waals surface area contributed by atoms with Crippen molar-refractivity contribution in [2.24, 2.45) is 5.41 Å². The summed E-state index contributed by atoms with van der Waals surface area (Å²) in [5.41, 5.74) is -0.452. The molecule has 0 unspecified atom stereocenters. The Bertz CT molecular complexity index is 332. The van der Waals surface area contributed by atoms with Crippen molar-refractivity contribution in [2.75, 3.05) is 20.1 Å². The first-order valence-corrected chi connectivity index (χ1v) is 6.18. The van der Waals surface area contributed by atoms with E-state index in [1.54, 1.807) is 11.9 Å². The molecule has 0 rings (SSSR count). The maximum Gasteiger partial charge on any atom is 0.220 e. The number of nitrogens with one attached hydrogen (secondary N) is 1. The van der Waals surface area contributed by atoms with Crippen molar-refractivity contribution in [3.05, 3.63) is 0 Å². The van der Waals surface area contributed by atoms with Crippen molar-refractivity contribution in [1.29, 1.82) is 5.26 Å². The molecule has 18 heavy (non-hydrogen) atoms. The quantitative estimate of drug-likeness (QED) is 0.695. The van der Waals surface area contributed by atoms with Gasteiger partial charge in [-0.3, -0.25) is 9.59 Å². The summed E-state index contributed by atoms with van der Waals surface area (Å²) in [4.78, 5) is 24.0. The van der Waals surface area contributed by atoms with Crippen molar-refractivity contribution in [2.45, 2.75) is 40.0 Å². The molecule has 0 saturated carbocycles. The molecule has 0 atom stereocenters. The Morgan fingerprint density at radius 2 is 2.00 bits per heavy atom. The average molecular weight is 253 g/mol. The van der Waals surface area contributed by atoms with Crippen LogP contribution in [0.2, 0.25) is 0 Å². The number of nitriles is 1. The Morgan fingerprint density at radius 1 is 1.39 bits per heavy atom. The first-order valence-electron chi connectivity index (χ1n) is 6.18. The van der Waals surface area contributed by atoms with E-state index in [-0.39, 0.29) is 11.8 Å². The van der Waals surface area contributed by atoms with Crippen molar-refractivity contribution in [3.8, 4) is 6.07 Å². The standard InChI is InChI=1S/C13H23N3O2/c1-11(17)16(4)9-5-8-15-12(18)6-7-13(2,3)10-14/h5-9H2,1-4H3,(H,15,18). The van der Waals surface area contributed by atoms with Crippen LogP contribution in [0.5, 0.6) is 0 Å². The lowest BCUT2D eigenvalue weighted by Gasteiger charge is -2.16. The predicted octanol–water partition coefficient (Wildman–Crippen LogP) is 1.30. The largest absolute Gasteiger partial charge is 0.356 e. The third kappa shape index (κ3) is 7.66. The van der Waals surface area contributed by atoms with Crippen LogP contribution < -0.4 is 5.32 Å². The minimum absolute atomic E-state index is 0.0251. The molecule has 0 aliphatic heterocycles. The summed E-state index contributed by atoms with van der Waals surface area (Å²) in [6.45, 7) is 6.36. The SMILES string of the molecule is CC(=O)N(C)CCCNC(=O)CCC(C)(C)C#N. The molecule has 0 aliphatic rings. The van der Waals surface area contributed by atoms with Gasteiger partial charge in [0.2, 0.25) is 11.8 Å². The van der Waals surface area contributed by atoms with Crippen molar-refractivity contribution in [1.82, 2.24) is 10.2 Å². The summed E-state index contributed by atoms with van der Waals surface area (Å²) < 4.78 is 0. The molecule has 102 valence electrons. The molecule has 0 aromatic carbocycles. The first-order chi connectivity index (χ1) is 8.28. The number of nitrogens with zero attached hydrogens (tertiary/aromatic N) is 2. The van der Waals surface area contributed by atoms with E-state index >= 15 is 0 Å². The highest BCUT2D eigenvalue weighted by atomic mass is 16.2. The third-order valence-corrected chi connectivity index (χ3v) is 2.81. The van der Waals surface area contributed by atoms with Gasteiger partial charge in [-0.1, -0.05) is 0 Å². The molecule has 5 heteroatoms. The Balaban J connectivity index is 3.67. The molecule has 0 heterocycles. The summed E-state index contributed by atoms with van der Waals surface area (Å²) in [5, 5.41) is 11.6. The first kappa shape index (κ1) is 16.4. The van der Waals surface area contributed by atoms with Gasteiger partial charge >= 0.3 is 0 Å². The molecular formula is C13H23N3O2. The van der Waals surface area contributed by atoms with Crippen LogP contribution in [0.25, 0.3) is 0 Å². The molecule has 0 bridgehead atoms. The molecule has 1 N–H and O–H groups in total. The second-order valence-corrected chi connectivity index (χ2v) is 5.14. The highest BCUT2D eigenvalue weighted by Crippen LogP contribution is 2.20. The summed E-state index contributed by atoms with van der Waals surface area (Å²) >= 11 is 0. The van der Waals surface area contributed by atoms with Crippen LogP contribution in [0.15, 0.2) is 0 Å². The minimum atomic E-state index is -0.452. The van der Waals surface area contributed by atoms with E-state index < -0.39 is 5.41 Å². The lowest BCUT2D eigenvalue weighted by molar-refractivity contribution is -0.127. The number of hydrogen-bond donors (Lipinski definition) is 1. The van der Waals surface area contributed by atoms with Crippen LogP contribution >= 0.6 is 0 Å². The van der Waals surface area contributed by atoms with Gasteiger partial charge in [0, 0.05) is 33.5 Å². The molecule has 2 amide bonds.